The molecule has 5 rings (SSSR count). The molecule has 1 aromatic heterocycles. The Morgan fingerprint density at radius 3 is 2.43 bits per heavy atom. The summed E-state index contributed by atoms with van der Waals surface area (Å²) < 4.78 is 45.6. The summed E-state index contributed by atoms with van der Waals surface area (Å²) in [4.78, 5) is 17.1. The van der Waals surface area contributed by atoms with Gasteiger partial charge in [0.2, 0.25) is 5.91 Å². The van der Waals surface area contributed by atoms with Gasteiger partial charge >= 0.3 is 0 Å². The minimum atomic E-state index is -3.25. The van der Waals surface area contributed by atoms with Gasteiger partial charge < -0.3 is 24.8 Å². The molecule has 2 aromatic carbocycles. The first-order valence-corrected chi connectivity index (χ1v) is 17.0. The Balaban J connectivity index is 1.25. The van der Waals surface area contributed by atoms with E-state index >= 15 is 0 Å². The van der Waals surface area contributed by atoms with Crippen LogP contribution in [-0.4, -0.2) is 99.1 Å². The number of alkyl halides is 1. The number of anilines is 2. The fourth-order valence-electron chi connectivity index (χ4n) is 5.72. The highest BCUT2D eigenvalue weighted by molar-refractivity contribution is 7.90. The molecule has 9 nitrogen and oxygen atoms in total. The zero-order chi connectivity index (χ0) is 31.3. The highest BCUT2D eigenvalue weighted by Gasteiger charge is 2.25. The molecular formula is C33H42FN5O4S. The van der Waals surface area contributed by atoms with Crippen LogP contribution in [0.25, 0.3) is 10.9 Å². The Hall–Kier alpha value is -3.59. The van der Waals surface area contributed by atoms with Crippen LogP contribution in [0.1, 0.15) is 32.4 Å². The van der Waals surface area contributed by atoms with Crippen molar-refractivity contribution in [1.82, 2.24) is 14.4 Å². The zero-order valence-corrected chi connectivity index (χ0v) is 26.6. The molecule has 2 aliphatic rings. The number of carbonyl (C=O) groups is 1. The maximum Gasteiger partial charge on any atom is 0.236 e. The Labute approximate surface area is 259 Å². The van der Waals surface area contributed by atoms with Gasteiger partial charge in [0.05, 0.1) is 49.0 Å². The number of aromatic nitrogens is 1. The molecule has 11 heteroatoms. The number of piperidine rings is 1. The van der Waals surface area contributed by atoms with Crippen molar-refractivity contribution >= 4 is 38.0 Å². The van der Waals surface area contributed by atoms with E-state index < -0.39 is 15.5 Å². The lowest BCUT2D eigenvalue weighted by Crippen LogP contribution is -2.48. The number of benzene rings is 2. The molecule has 44 heavy (non-hydrogen) atoms. The number of ether oxygens (including phenoxy) is 1. The number of halogens is 1. The summed E-state index contributed by atoms with van der Waals surface area (Å²) in [5.41, 5.74) is 1.97. The van der Waals surface area contributed by atoms with Crippen LogP contribution >= 0.6 is 0 Å². The van der Waals surface area contributed by atoms with E-state index in [2.05, 4.69) is 33.4 Å². The summed E-state index contributed by atoms with van der Waals surface area (Å²) >= 11 is 0. The highest BCUT2D eigenvalue weighted by Crippen LogP contribution is 2.30. The minimum Gasteiger partial charge on any atom is -0.382 e. The fraction of sp³-hybridized carbons (Fsp3) is 0.485. The number of nitrogens with one attached hydrogen (secondary N) is 2. The first-order valence-electron chi connectivity index (χ1n) is 15.1. The van der Waals surface area contributed by atoms with Crippen LogP contribution in [0.15, 0.2) is 53.4 Å². The van der Waals surface area contributed by atoms with Crippen molar-refractivity contribution in [1.29, 1.82) is 0 Å². The quantitative estimate of drug-likeness (QED) is 0.348. The Kier molecular flexibility index (Phi) is 9.83. The average molecular weight is 624 g/mol. The second-order valence-corrected chi connectivity index (χ2v) is 14.2. The van der Waals surface area contributed by atoms with Gasteiger partial charge in [0.25, 0.3) is 0 Å². The van der Waals surface area contributed by atoms with E-state index in [-0.39, 0.29) is 23.4 Å². The number of hydrogen-bond acceptors (Lipinski definition) is 7. The lowest BCUT2D eigenvalue weighted by molar-refractivity contribution is -0.136. The van der Waals surface area contributed by atoms with Gasteiger partial charge in [-0.2, -0.15) is 0 Å². The van der Waals surface area contributed by atoms with Crippen LogP contribution in [-0.2, 0) is 25.9 Å². The molecule has 0 radical (unpaired) electrons. The molecule has 2 aliphatic heterocycles. The normalized spacial score (nSPS) is 16.9. The topological polar surface area (TPSA) is 95.9 Å². The maximum atomic E-state index is 14.9. The lowest BCUT2D eigenvalue weighted by Gasteiger charge is -2.34. The number of hydrogen-bond donors (Lipinski definition) is 2. The third-order valence-corrected chi connectivity index (χ3v) is 9.16. The molecule has 2 saturated heterocycles. The minimum absolute atomic E-state index is 0.167. The molecule has 0 bridgehead atoms. The molecule has 2 N–H and O–H groups in total. The third-order valence-electron chi connectivity index (χ3n) is 8.03. The molecule has 3 aromatic rings. The van der Waals surface area contributed by atoms with Gasteiger partial charge in [0.15, 0.2) is 9.84 Å². The Bertz CT molecular complexity index is 1620. The maximum absolute atomic E-state index is 14.9. The number of rotatable bonds is 9. The average Bonchev–Trinajstić information content (AvgIpc) is 3.33. The molecular weight excluding hydrogens is 581 g/mol. The van der Waals surface area contributed by atoms with Crippen molar-refractivity contribution in [2.75, 3.05) is 69.4 Å². The highest BCUT2D eigenvalue weighted by atomic mass is 32.2. The fourth-order valence-corrected chi connectivity index (χ4v) is 6.35. The summed E-state index contributed by atoms with van der Waals surface area (Å²) in [6.45, 7) is 8.36. The number of carbonyl (C=O) groups excluding carboxylic acids is 1. The van der Waals surface area contributed by atoms with E-state index in [9.17, 15) is 17.6 Å². The largest absolute Gasteiger partial charge is 0.382 e. The second-order valence-electron chi connectivity index (χ2n) is 12.2. The van der Waals surface area contributed by atoms with Gasteiger partial charge in [-0.15, -0.1) is 0 Å². The van der Waals surface area contributed by atoms with E-state index in [4.69, 9.17) is 4.74 Å². The zero-order valence-electron chi connectivity index (χ0n) is 25.7. The van der Waals surface area contributed by atoms with Gasteiger partial charge in [0.1, 0.15) is 5.67 Å². The standard InChI is InChI=1S/C33H42FN5O4S/c1-33(2,34)24-39-27(6-5-15-35-25-9-11-28(12-10-25)44(3,41)42)22-29-30(7-4-8-31(29)39)36-26-13-16-37(17-14-26)23-32(40)38-18-20-43-21-19-38/h4,7-12,22,26,35-36H,13-21,23-24H2,1-3H3. The van der Waals surface area contributed by atoms with Crippen LogP contribution in [0.3, 0.4) is 0 Å². The molecule has 0 saturated carbocycles. The first kappa shape index (κ1) is 31.8. The number of morpholine rings is 1. The first-order chi connectivity index (χ1) is 21.0. The Morgan fingerprint density at radius 1 is 1.07 bits per heavy atom. The number of fused-ring (bicyclic) bond motifs is 1. The van der Waals surface area contributed by atoms with Crippen molar-refractivity contribution in [2.45, 2.75) is 49.8 Å². The number of amides is 1. The van der Waals surface area contributed by atoms with Gasteiger partial charge in [-0.1, -0.05) is 12.0 Å². The SMILES string of the molecule is CC(C)(F)Cn1c(C#CCNc2ccc(S(C)(=O)=O)cc2)cc2c(NC3CCN(CC(=O)N4CCOCC4)CC3)cccc21. The van der Waals surface area contributed by atoms with Gasteiger partial charge in [-0.25, -0.2) is 12.8 Å². The number of likely N-dealkylation sites (tertiary alicyclic amines) is 1. The van der Waals surface area contributed by atoms with E-state index in [0.717, 1.165) is 53.9 Å². The van der Waals surface area contributed by atoms with E-state index in [1.165, 1.54) is 6.26 Å². The van der Waals surface area contributed by atoms with Crippen molar-refractivity contribution < 1.29 is 22.3 Å². The van der Waals surface area contributed by atoms with Crippen LogP contribution in [0, 0.1) is 11.8 Å². The van der Waals surface area contributed by atoms with Gasteiger partial charge in [-0.05, 0) is 75.1 Å². The molecule has 0 unspecified atom stereocenters. The summed E-state index contributed by atoms with van der Waals surface area (Å²) in [6, 6.07) is 14.9. The van der Waals surface area contributed by atoms with Crippen molar-refractivity contribution in [3.05, 3.63) is 54.2 Å². The predicted molar refractivity (Wildman–Crippen MR) is 173 cm³/mol. The number of nitrogens with zero attached hydrogens (tertiary/aromatic N) is 3. The monoisotopic (exact) mass is 623 g/mol. The van der Waals surface area contributed by atoms with Gasteiger partial charge in [0, 0.05) is 55.2 Å². The smallest absolute Gasteiger partial charge is 0.236 e. The molecule has 236 valence electrons. The molecule has 0 atom stereocenters. The summed E-state index contributed by atoms with van der Waals surface area (Å²) in [5, 5.41) is 7.91. The van der Waals surface area contributed by atoms with Crippen LogP contribution in [0.4, 0.5) is 15.8 Å². The van der Waals surface area contributed by atoms with E-state index in [0.29, 0.717) is 39.4 Å². The van der Waals surface area contributed by atoms with Crippen molar-refractivity contribution in [3.8, 4) is 11.8 Å². The summed E-state index contributed by atoms with van der Waals surface area (Å²) in [5.74, 6) is 6.54. The van der Waals surface area contributed by atoms with E-state index in [1.807, 2.05) is 27.7 Å². The lowest BCUT2D eigenvalue weighted by atomic mass is 10.0. The molecule has 0 spiro atoms. The molecule has 1 amide bonds. The van der Waals surface area contributed by atoms with E-state index in [1.54, 1.807) is 38.1 Å². The Morgan fingerprint density at radius 2 is 1.77 bits per heavy atom. The third kappa shape index (κ3) is 8.31. The summed E-state index contributed by atoms with van der Waals surface area (Å²) in [6.07, 6.45) is 3.03. The molecule has 3 heterocycles. The summed E-state index contributed by atoms with van der Waals surface area (Å²) in [7, 11) is -3.25. The second kappa shape index (κ2) is 13.6. The van der Waals surface area contributed by atoms with Crippen molar-refractivity contribution in [2.24, 2.45) is 0 Å². The van der Waals surface area contributed by atoms with Crippen LogP contribution < -0.4 is 10.6 Å². The molecule has 2 fully saturated rings. The predicted octanol–water partition coefficient (Wildman–Crippen LogP) is 3.99. The molecule has 0 aliphatic carbocycles. The van der Waals surface area contributed by atoms with Gasteiger partial charge in [-0.3, -0.25) is 9.69 Å². The van der Waals surface area contributed by atoms with Crippen LogP contribution in [0.2, 0.25) is 0 Å². The van der Waals surface area contributed by atoms with Crippen LogP contribution in [0.5, 0.6) is 0 Å². The van der Waals surface area contributed by atoms with Crippen molar-refractivity contribution in [3.63, 3.8) is 0 Å². The number of sulfone groups is 1.